The molecule has 12 heteroatoms. The monoisotopic (exact) mass is 471 g/mol. The molecule has 0 aromatic carbocycles. The molecule has 2 aromatic rings. The van der Waals surface area contributed by atoms with Crippen molar-refractivity contribution in [2.75, 3.05) is 18.5 Å². The molecule has 3 heterocycles. The normalized spacial score (nSPS) is 23.8. The van der Waals surface area contributed by atoms with Crippen molar-refractivity contribution in [1.82, 2.24) is 14.5 Å². The van der Waals surface area contributed by atoms with E-state index in [1.807, 2.05) is 0 Å². The van der Waals surface area contributed by atoms with Crippen molar-refractivity contribution in [3.05, 3.63) is 18.1 Å². The highest BCUT2D eigenvalue weighted by atomic mass is 32.1. The highest BCUT2D eigenvalue weighted by Gasteiger charge is 2.38. The van der Waals surface area contributed by atoms with E-state index in [0.717, 1.165) is 6.42 Å². The first-order chi connectivity index (χ1) is 14.4. The lowest BCUT2D eigenvalue weighted by Crippen LogP contribution is -2.19. The molecular weight excluding hydrogens is 441 g/mol. The van der Waals surface area contributed by atoms with Gasteiger partial charge in [-0.15, -0.1) is 0 Å². The number of ether oxygens (including phenoxy) is 1. The fourth-order valence-corrected chi connectivity index (χ4v) is 4.89. The van der Waals surface area contributed by atoms with Gasteiger partial charge >= 0.3 is 7.60 Å². The fourth-order valence-electron chi connectivity index (χ4n) is 3.65. The number of aromatic nitrogens is 3. The number of nitrogens with zero attached hydrogens (tertiary/aromatic N) is 3. The number of aliphatic hydroxyl groups excluding tert-OH is 1. The second-order valence-electron chi connectivity index (χ2n) is 9.04. The van der Waals surface area contributed by atoms with Crippen molar-refractivity contribution in [1.29, 1.82) is 0 Å². The van der Waals surface area contributed by atoms with E-state index in [-0.39, 0.29) is 35.4 Å². The summed E-state index contributed by atoms with van der Waals surface area (Å²) in [6, 6.07) is 0. The fraction of sp³-hybridized carbons (Fsp3) is 0.632. The van der Waals surface area contributed by atoms with Crippen LogP contribution in [0.1, 0.15) is 51.8 Å². The summed E-state index contributed by atoms with van der Waals surface area (Å²) < 4.78 is 25.2. The zero-order valence-corrected chi connectivity index (χ0v) is 19.6. The third kappa shape index (κ3) is 5.79. The molecule has 6 N–H and O–H groups in total. The van der Waals surface area contributed by atoms with Gasteiger partial charge in [-0.05, 0) is 18.3 Å². The maximum absolute atomic E-state index is 12.3. The Bertz CT molecular complexity index is 1010. The summed E-state index contributed by atoms with van der Waals surface area (Å²) in [6.07, 6.45) is 2.40. The van der Waals surface area contributed by atoms with Gasteiger partial charge in [0, 0.05) is 18.2 Å². The molecule has 31 heavy (non-hydrogen) atoms. The average Bonchev–Trinajstić information content (AvgIpc) is 3.20. The molecule has 4 atom stereocenters. The molecule has 2 aromatic heterocycles. The zero-order valence-electron chi connectivity index (χ0n) is 17.9. The number of hydrogen-bond donors (Lipinski definition) is 4. The van der Waals surface area contributed by atoms with Crippen LogP contribution in [0.3, 0.4) is 0 Å². The molecule has 0 radical (unpaired) electrons. The minimum Gasteiger partial charge on any atom is -0.389 e. The van der Waals surface area contributed by atoms with Gasteiger partial charge in [0.2, 0.25) is 0 Å². The minimum absolute atomic E-state index is 0.0821. The molecule has 3 rings (SSSR count). The van der Waals surface area contributed by atoms with Crippen molar-refractivity contribution in [3.63, 3.8) is 0 Å². The molecule has 0 amide bonds. The van der Waals surface area contributed by atoms with Crippen molar-refractivity contribution in [2.24, 2.45) is 11.1 Å². The summed E-state index contributed by atoms with van der Waals surface area (Å²) in [5, 5.41) is 11.1. The first kappa shape index (κ1) is 24.0. The lowest BCUT2D eigenvalue weighted by molar-refractivity contribution is -0.0463. The lowest BCUT2D eigenvalue weighted by Gasteiger charge is -2.20. The van der Waals surface area contributed by atoms with Gasteiger partial charge in [0.1, 0.15) is 28.9 Å². The number of anilines is 1. The number of fused-ring (bicyclic) bond motifs is 1. The molecule has 1 aliphatic heterocycles. The third-order valence-electron chi connectivity index (χ3n) is 5.17. The number of nitrogen functional groups attached to an aromatic ring is 1. The molecular formula is C19H30N5O5PS. The van der Waals surface area contributed by atoms with E-state index < -0.39 is 26.0 Å². The molecule has 0 bridgehead atoms. The Morgan fingerprint density at radius 3 is 2.81 bits per heavy atom. The van der Waals surface area contributed by atoms with Gasteiger partial charge in [0.25, 0.3) is 0 Å². The van der Waals surface area contributed by atoms with Crippen LogP contribution in [-0.2, 0) is 13.8 Å². The lowest BCUT2D eigenvalue weighted by atomic mass is 9.91. The average molecular weight is 472 g/mol. The summed E-state index contributed by atoms with van der Waals surface area (Å²) in [6.45, 7) is 6.14. The minimum atomic E-state index is -3.74. The highest BCUT2D eigenvalue weighted by molar-refractivity contribution is 7.80. The quantitative estimate of drug-likeness (QED) is 0.332. The van der Waals surface area contributed by atoms with Gasteiger partial charge in [-0.3, -0.25) is 4.57 Å². The number of thiocarbonyl (C=S) groups is 1. The Balaban J connectivity index is 1.69. The van der Waals surface area contributed by atoms with E-state index >= 15 is 0 Å². The summed E-state index contributed by atoms with van der Waals surface area (Å²) in [4.78, 5) is 18.4. The Kier molecular flexibility index (Phi) is 7.05. The highest BCUT2D eigenvalue weighted by Crippen LogP contribution is 2.45. The first-order valence-electron chi connectivity index (χ1n) is 10.1. The molecule has 1 aliphatic rings. The maximum Gasteiger partial charge on any atom is 0.328 e. The Morgan fingerprint density at radius 1 is 1.45 bits per heavy atom. The van der Waals surface area contributed by atoms with Gasteiger partial charge in [-0.2, -0.15) is 0 Å². The molecule has 0 aliphatic carbocycles. The number of hydrogen-bond acceptors (Lipinski definition) is 8. The molecule has 0 saturated carbocycles. The van der Waals surface area contributed by atoms with Crippen LogP contribution < -0.4 is 11.5 Å². The number of rotatable bonds is 8. The Labute approximate surface area is 186 Å². The van der Waals surface area contributed by atoms with E-state index in [1.165, 1.54) is 6.33 Å². The molecule has 1 saturated heterocycles. The van der Waals surface area contributed by atoms with E-state index in [1.54, 1.807) is 10.8 Å². The van der Waals surface area contributed by atoms with Gasteiger partial charge in [-0.25, -0.2) is 9.97 Å². The van der Waals surface area contributed by atoms with E-state index in [9.17, 15) is 14.6 Å². The second-order valence-corrected chi connectivity index (χ2v) is 11.5. The maximum atomic E-state index is 12.3. The summed E-state index contributed by atoms with van der Waals surface area (Å²) in [5.74, 6) is 0.218. The molecule has 0 spiro atoms. The van der Waals surface area contributed by atoms with Crippen molar-refractivity contribution >= 4 is 41.7 Å². The van der Waals surface area contributed by atoms with E-state index in [0.29, 0.717) is 23.0 Å². The van der Waals surface area contributed by atoms with Crippen molar-refractivity contribution in [2.45, 2.75) is 58.5 Å². The van der Waals surface area contributed by atoms with E-state index in [2.05, 4.69) is 30.7 Å². The molecule has 10 nitrogen and oxygen atoms in total. The topological polar surface area (TPSA) is 159 Å². The third-order valence-corrected chi connectivity index (χ3v) is 6.83. The second kappa shape index (κ2) is 9.09. The summed E-state index contributed by atoms with van der Waals surface area (Å²) >= 11 is 5.10. The van der Waals surface area contributed by atoms with Crippen LogP contribution in [0.15, 0.2) is 12.5 Å². The van der Waals surface area contributed by atoms with Gasteiger partial charge in [-0.1, -0.05) is 33.0 Å². The predicted octanol–water partition coefficient (Wildman–Crippen LogP) is 2.32. The SMILES string of the molecule is CC(C)(C)CCCP(=O)(O)OCC1CC(O)C(n2cc(C(N)=S)c3c(N)ncnc32)O1. The van der Waals surface area contributed by atoms with Crippen LogP contribution in [0.2, 0.25) is 0 Å². The summed E-state index contributed by atoms with van der Waals surface area (Å²) in [7, 11) is -3.74. The zero-order chi connectivity index (χ0) is 23.0. The van der Waals surface area contributed by atoms with Crippen LogP contribution in [0, 0.1) is 5.41 Å². The van der Waals surface area contributed by atoms with Crippen LogP contribution in [0.4, 0.5) is 5.82 Å². The van der Waals surface area contributed by atoms with Crippen molar-refractivity contribution < 1.29 is 23.8 Å². The largest absolute Gasteiger partial charge is 0.389 e. The Morgan fingerprint density at radius 2 is 2.16 bits per heavy atom. The molecule has 4 unspecified atom stereocenters. The first-order valence-corrected chi connectivity index (χ1v) is 12.3. The number of nitrogens with two attached hydrogens (primary N) is 2. The smallest absolute Gasteiger partial charge is 0.328 e. The Hall–Kier alpha value is -1.62. The molecule has 1 fully saturated rings. The van der Waals surface area contributed by atoms with Crippen LogP contribution in [-0.4, -0.2) is 54.5 Å². The van der Waals surface area contributed by atoms with Gasteiger partial charge in [0.15, 0.2) is 6.23 Å². The standard InChI is InChI=1S/C19H30N5O5PS/c1-19(2,3)5-4-6-30(26,27)28-9-11-7-13(25)18(29-11)24-8-12(16(21)31)14-15(20)22-10-23-17(14)24/h8,10-11,13,18,25H,4-7,9H2,1-3H3,(H2,21,31)(H,26,27)(H2,20,22,23). The predicted molar refractivity (Wildman–Crippen MR) is 122 cm³/mol. The van der Waals surface area contributed by atoms with Crippen LogP contribution >= 0.6 is 19.8 Å². The van der Waals surface area contributed by atoms with Crippen LogP contribution in [0.5, 0.6) is 0 Å². The molecule has 172 valence electrons. The van der Waals surface area contributed by atoms with Crippen LogP contribution in [0.25, 0.3) is 11.0 Å². The van der Waals surface area contributed by atoms with Crippen molar-refractivity contribution in [3.8, 4) is 0 Å². The summed E-state index contributed by atoms with van der Waals surface area (Å²) in [5.41, 5.74) is 12.8. The number of aliphatic hydroxyl groups is 1. The van der Waals surface area contributed by atoms with Gasteiger partial charge < -0.3 is 35.3 Å². The van der Waals surface area contributed by atoms with Gasteiger partial charge in [0.05, 0.1) is 24.3 Å². The van der Waals surface area contributed by atoms with E-state index in [4.69, 9.17) is 32.9 Å².